The quantitative estimate of drug-likeness (QED) is 0.406. The molecule has 2 atom stereocenters. The maximum atomic E-state index is 2.44. The largest absolute Gasteiger partial charge is 0.0654 e. The molecular formula is C17H36. The third-order valence-electron chi connectivity index (χ3n) is 3.66. The van der Waals surface area contributed by atoms with Gasteiger partial charge in [0.15, 0.2) is 0 Å². The van der Waals surface area contributed by atoms with E-state index in [1.54, 1.807) is 0 Å². The zero-order chi connectivity index (χ0) is 13.3. The highest BCUT2D eigenvalue weighted by molar-refractivity contribution is 4.67. The van der Waals surface area contributed by atoms with Crippen LogP contribution in [0.2, 0.25) is 0 Å². The highest BCUT2D eigenvalue weighted by atomic mass is 14.2. The van der Waals surface area contributed by atoms with Gasteiger partial charge in [0, 0.05) is 0 Å². The van der Waals surface area contributed by atoms with Gasteiger partial charge in [0.1, 0.15) is 0 Å². The smallest absolute Gasteiger partial charge is 0.0380 e. The average Bonchev–Trinajstić information content (AvgIpc) is 2.19. The molecular weight excluding hydrogens is 204 g/mol. The Hall–Kier alpha value is 0. The molecule has 0 N–H and O–H groups in total. The van der Waals surface area contributed by atoms with Crippen LogP contribution in [0.4, 0.5) is 0 Å². The van der Waals surface area contributed by atoms with Crippen LogP contribution in [0.1, 0.15) is 92.9 Å². The van der Waals surface area contributed by atoms with Gasteiger partial charge in [-0.1, -0.05) is 86.5 Å². The maximum absolute atomic E-state index is 2.44. The molecule has 0 aromatic rings. The van der Waals surface area contributed by atoms with Gasteiger partial charge in [0.25, 0.3) is 0 Å². The van der Waals surface area contributed by atoms with Crippen LogP contribution in [0.5, 0.6) is 0 Å². The molecule has 0 amide bonds. The minimum absolute atomic E-state index is 0.504. The van der Waals surface area contributed by atoms with Crippen LogP contribution in [-0.2, 0) is 0 Å². The SMILES string of the molecule is CCCCCCC(C)CCC(C)CC(C)(C)C. The molecule has 2 unspecified atom stereocenters. The van der Waals surface area contributed by atoms with Crippen LogP contribution < -0.4 is 0 Å². The second-order valence-corrected chi connectivity index (χ2v) is 7.40. The molecule has 0 rings (SSSR count). The van der Waals surface area contributed by atoms with Crippen molar-refractivity contribution in [1.29, 1.82) is 0 Å². The van der Waals surface area contributed by atoms with E-state index in [0.717, 1.165) is 11.8 Å². The molecule has 0 fully saturated rings. The molecule has 104 valence electrons. The van der Waals surface area contributed by atoms with Crippen LogP contribution >= 0.6 is 0 Å². The molecule has 0 saturated heterocycles. The lowest BCUT2D eigenvalue weighted by atomic mass is 9.82. The van der Waals surface area contributed by atoms with Gasteiger partial charge >= 0.3 is 0 Å². The van der Waals surface area contributed by atoms with Gasteiger partial charge in [-0.3, -0.25) is 0 Å². The van der Waals surface area contributed by atoms with E-state index in [2.05, 4.69) is 41.5 Å². The Kier molecular flexibility index (Phi) is 9.00. The Morgan fingerprint density at radius 1 is 0.765 bits per heavy atom. The van der Waals surface area contributed by atoms with Crippen LogP contribution in [-0.4, -0.2) is 0 Å². The van der Waals surface area contributed by atoms with Crippen molar-refractivity contribution in [3.63, 3.8) is 0 Å². The van der Waals surface area contributed by atoms with Crippen LogP contribution in [0.15, 0.2) is 0 Å². The van der Waals surface area contributed by atoms with Gasteiger partial charge in [-0.15, -0.1) is 0 Å². The van der Waals surface area contributed by atoms with Crippen molar-refractivity contribution in [2.75, 3.05) is 0 Å². The van der Waals surface area contributed by atoms with Crippen LogP contribution in [0, 0.1) is 17.3 Å². The van der Waals surface area contributed by atoms with Crippen molar-refractivity contribution >= 4 is 0 Å². The average molecular weight is 240 g/mol. The number of hydrogen-bond donors (Lipinski definition) is 0. The molecule has 0 saturated carbocycles. The van der Waals surface area contributed by atoms with E-state index in [1.807, 2.05) is 0 Å². The Labute approximate surface area is 111 Å². The first-order valence-corrected chi connectivity index (χ1v) is 7.85. The predicted octanol–water partition coefficient (Wildman–Crippen LogP) is 6.45. The highest BCUT2D eigenvalue weighted by Gasteiger charge is 2.15. The third-order valence-corrected chi connectivity index (χ3v) is 3.66. The van der Waals surface area contributed by atoms with Crippen molar-refractivity contribution in [2.45, 2.75) is 92.9 Å². The van der Waals surface area contributed by atoms with Crippen molar-refractivity contribution in [2.24, 2.45) is 17.3 Å². The van der Waals surface area contributed by atoms with Gasteiger partial charge in [0.2, 0.25) is 0 Å². The van der Waals surface area contributed by atoms with Crippen LogP contribution in [0.3, 0.4) is 0 Å². The first-order chi connectivity index (χ1) is 7.85. The lowest BCUT2D eigenvalue weighted by Crippen LogP contribution is -2.11. The normalized spacial score (nSPS) is 15.9. The lowest BCUT2D eigenvalue weighted by molar-refractivity contribution is 0.280. The molecule has 0 aliphatic heterocycles. The molecule has 0 heteroatoms. The van der Waals surface area contributed by atoms with E-state index in [4.69, 9.17) is 0 Å². The summed E-state index contributed by atoms with van der Waals surface area (Å²) in [6.07, 6.45) is 11.3. The molecule has 0 heterocycles. The molecule has 0 nitrogen and oxygen atoms in total. The Morgan fingerprint density at radius 3 is 1.88 bits per heavy atom. The van der Waals surface area contributed by atoms with E-state index in [-0.39, 0.29) is 0 Å². The summed E-state index contributed by atoms with van der Waals surface area (Å²) >= 11 is 0. The topological polar surface area (TPSA) is 0 Å². The first kappa shape index (κ1) is 17.0. The van der Waals surface area contributed by atoms with E-state index < -0.39 is 0 Å². The summed E-state index contributed by atoms with van der Waals surface area (Å²) in [4.78, 5) is 0. The monoisotopic (exact) mass is 240 g/mol. The van der Waals surface area contributed by atoms with Crippen molar-refractivity contribution in [3.8, 4) is 0 Å². The fourth-order valence-electron chi connectivity index (χ4n) is 2.78. The predicted molar refractivity (Wildman–Crippen MR) is 80.4 cm³/mol. The standard InChI is InChI=1S/C17H36/c1-7-8-9-10-11-15(2)12-13-16(3)14-17(4,5)6/h15-16H,7-14H2,1-6H3. The summed E-state index contributed by atoms with van der Waals surface area (Å²) in [5, 5.41) is 0. The van der Waals surface area contributed by atoms with Gasteiger partial charge in [-0.05, 0) is 23.7 Å². The number of unbranched alkanes of at least 4 members (excludes halogenated alkanes) is 3. The highest BCUT2D eigenvalue weighted by Crippen LogP contribution is 2.28. The van der Waals surface area contributed by atoms with Crippen molar-refractivity contribution < 1.29 is 0 Å². The molecule has 0 aromatic heterocycles. The third kappa shape index (κ3) is 12.2. The Bertz CT molecular complexity index is 163. The first-order valence-electron chi connectivity index (χ1n) is 7.85. The zero-order valence-electron chi connectivity index (χ0n) is 13.3. The molecule has 0 bridgehead atoms. The summed E-state index contributed by atoms with van der Waals surface area (Å²) in [6.45, 7) is 14.2. The molecule has 0 spiro atoms. The number of rotatable bonds is 9. The second kappa shape index (κ2) is 9.00. The minimum atomic E-state index is 0.504. The second-order valence-electron chi connectivity index (χ2n) is 7.40. The molecule has 0 aromatic carbocycles. The summed E-state index contributed by atoms with van der Waals surface area (Å²) in [7, 11) is 0. The van der Waals surface area contributed by atoms with Gasteiger partial charge in [0.05, 0.1) is 0 Å². The molecule has 0 radical (unpaired) electrons. The summed E-state index contributed by atoms with van der Waals surface area (Å²) in [5.41, 5.74) is 0.504. The van der Waals surface area contributed by atoms with E-state index in [0.29, 0.717) is 5.41 Å². The number of hydrogen-bond acceptors (Lipinski definition) is 0. The van der Waals surface area contributed by atoms with E-state index in [9.17, 15) is 0 Å². The maximum Gasteiger partial charge on any atom is -0.0380 e. The lowest BCUT2D eigenvalue weighted by Gasteiger charge is -2.24. The van der Waals surface area contributed by atoms with Gasteiger partial charge in [-0.2, -0.15) is 0 Å². The minimum Gasteiger partial charge on any atom is -0.0654 e. The molecule has 17 heavy (non-hydrogen) atoms. The summed E-state index contributed by atoms with van der Waals surface area (Å²) < 4.78 is 0. The van der Waals surface area contributed by atoms with Crippen LogP contribution in [0.25, 0.3) is 0 Å². The summed E-state index contributed by atoms with van der Waals surface area (Å²) in [6, 6.07) is 0. The van der Waals surface area contributed by atoms with Crippen molar-refractivity contribution in [3.05, 3.63) is 0 Å². The van der Waals surface area contributed by atoms with E-state index in [1.165, 1.54) is 51.4 Å². The zero-order valence-corrected chi connectivity index (χ0v) is 13.3. The van der Waals surface area contributed by atoms with Gasteiger partial charge < -0.3 is 0 Å². The fraction of sp³-hybridized carbons (Fsp3) is 1.00. The van der Waals surface area contributed by atoms with Crippen molar-refractivity contribution in [1.82, 2.24) is 0 Å². The molecule has 0 aliphatic carbocycles. The Morgan fingerprint density at radius 2 is 1.35 bits per heavy atom. The molecule has 0 aliphatic rings. The fourth-order valence-corrected chi connectivity index (χ4v) is 2.78. The Balaban J connectivity index is 3.52. The van der Waals surface area contributed by atoms with E-state index >= 15 is 0 Å². The summed E-state index contributed by atoms with van der Waals surface area (Å²) in [5.74, 6) is 1.84. The van der Waals surface area contributed by atoms with Gasteiger partial charge in [-0.25, -0.2) is 0 Å².